The first-order valence-electron chi connectivity index (χ1n) is 9.91. The summed E-state index contributed by atoms with van der Waals surface area (Å²) in [6, 6.07) is 18.2. The van der Waals surface area contributed by atoms with Crippen LogP contribution in [0.1, 0.15) is 9.67 Å². The first-order chi connectivity index (χ1) is 15.9. The molecule has 5 aromatic rings. The van der Waals surface area contributed by atoms with Gasteiger partial charge in [-0.15, -0.1) is 11.3 Å². The number of hydrogen-bond acceptors (Lipinski definition) is 4. The Morgan fingerprint density at radius 2 is 1.55 bits per heavy atom. The van der Waals surface area contributed by atoms with Crippen molar-refractivity contribution in [2.45, 2.75) is 6.54 Å². The van der Waals surface area contributed by atoms with E-state index in [1.807, 2.05) is 0 Å². The number of benzene rings is 3. The van der Waals surface area contributed by atoms with Crippen LogP contribution in [0.15, 0.2) is 71.5 Å². The first kappa shape index (κ1) is 21.1. The van der Waals surface area contributed by atoms with Gasteiger partial charge in [0.1, 0.15) is 17.2 Å². The highest BCUT2D eigenvalue weighted by Gasteiger charge is 2.19. The van der Waals surface area contributed by atoms with Crippen LogP contribution < -0.4 is 16.3 Å². The van der Waals surface area contributed by atoms with E-state index in [1.54, 1.807) is 53.1 Å². The van der Waals surface area contributed by atoms with Crippen LogP contribution in [0, 0.1) is 5.82 Å². The summed E-state index contributed by atoms with van der Waals surface area (Å²) in [5.41, 5.74) is 5.86. The molecule has 0 aliphatic carbocycles. The molecule has 0 saturated carbocycles. The van der Waals surface area contributed by atoms with E-state index in [0.29, 0.717) is 31.9 Å². The van der Waals surface area contributed by atoms with Gasteiger partial charge in [0.05, 0.1) is 16.1 Å². The van der Waals surface area contributed by atoms with Crippen molar-refractivity contribution < 1.29 is 14.0 Å². The second kappa shape index (κ2) is 8.31. The van der Waals surface area contributed by atoms with E-state index < -0.39 is 17.6 Å². The lowest BCUT2D eigenvalue weighted by molar-refractivity contribution is -0.122. The molecule has 0 fully saturated rings. The van der Waals surface area contributed by atoms with E-state index in [-0.39, 0.29) is 21.9 Å². The molecule has 9 heteroatoms. The molecule has 0 aliphatic heterocycles. The minimum absolute atomic E-state index is 0.109. The number of nitrogens with one attached hydrogen (secondary N) is 2. The summed E-state index contributed by atoms with van der Waals surface area (Å²) in [7, 11) is 0. The standard InChI is InChI=1S/C24H15ClFN3O3S/c25-21-16-10-9-13(26)11-19(16)33-23(21)24(32)28-27-20(30)12-29-17-7-3-1-5-14(17)22(31)15-6-2-4-8-18(15)29/h1-11H,12H2,(H,27,30)(H,28,32). The maximum Gasteiger partial charge on any atom is 0.281 e. The molecule has 2 heterocycles. The monoisotopic (exact) mass is 479 g/mol. The van der Waals surface area contributed by atoms with Gasteiger partial charge in [0.15, 0.2) is 5.43 Å². The van der Waals surface area contributed by atoms with Gasteiger partial charge < -0.3 is 4.57 Å². The predicted octanol–water partition coefficient (Wildman–Crippen LogP) is 4.62. The lowest BCUT2D eigenvalue weighted by Crippen LogP contribution is -2.43. The van der Waals surface area contributed by atoms with Crippen LogP contribution in [-0.4, -0.2) is 16.4 Å². The fourth-order valence-corrected chi connectivity index (χ4v) is 5.24. The van der Waals surface area contributed by atoms with E-state index in [0.717, 1.165) is 11.3 Å². The Morgan fingerprint density at radius 1 is 0.909 bits per heavy atom. The van der Waals surface area contributed by atoms with Crippen molar-refractivity contribution in [1.82, 2.24) is 15.4 Å². The molecule has 164 valence electrons. The quantitative estimate of drug-likeness (QED) is 0.292. The van der Waals surface area contributed by atoms with Crippen LogP contribution >= 0.6 is 22.9 Å². The Labute approximate surface area is 195 Å². The highest BCUT2D eigenvalue weighted by molar-refractivity contribution is 7.21. The van der Waals surface area contributed by atoms with Crippen LogP contribution in [0.4, 0.5) is 4.39 Å². The summed E-state index contributed by atoms with van der Waals surface area (Å²) < 4.78 is 15.7. The topological polar surface area (TPSA) is 80.2 Å². The Morgan fingerprint density at radius 3 is 2.21 bits per heavy atom. The number of para-hydroxylation sites is 2. The molecule has 2 aromatic heterocycles. The minimum Gasteiger partial charge on any atom is -0.331 e. The van der Waals surface area contributed by atoms with Gasteiger partial charge >= 0.3 is 0 Å². The number of nitrogens with zero attached hydrogens (tertiary/aromatic N) is 1. The summed E-state index contributed by atoms with van der Waals surface area (Å²) in [6.07, 6.45) is 0. The Hall–Kier alpha value is -3.75. The van der Waals surface area contributed by atoms with Crippen LogP contribution in [-0.2, 0) is 11.3 Å². The predicted molar refractivity (Wildman–Crippen MR) is 128 cm³/mol. The molecule has 5 rings (SSSR count). The second-order valence-corrected chi connectivity index (χ2v) is 8.77. The molecule has 0 unspecified atom stereocenters. The molecule has 0 bridgehead atoms. The first-order valence-corrected chi connectivity index (χ1v) is 11.1. The maximum atomic E-state index is 13.5. The molecule has 2 N–H and O–H groups in total. The van der Waals surface area contributed by atoms with Crippen molar-refractivity contribution in [1.29, 1.82) is 0 Å². The van der Waals surface area contributed by atoms with Gasteiger partial charge in [0.2, 0.25) is 0 Å². The van der Waals surface area contributed by atoms with Crippen molar-refractivity contribution in [2.24, 2.45) is 0 Å². The average Bonchev–Trinajstić information content (AvgIpc) is 3.15. The molecule has 0 radical (unpaired) electrons. The number of hydrazine groups is 1. The van der Waals surface area contributed by atoms with Crippen molar-refractivity contribution in [2.75, 3.05) is 0 Å². The fourth-order valence-electron chi connectivity index (χ4n) is 3.80. The lowest BCUT2D eigenvalue weighted by atomic mass is 10.1. The van der Waals surface area contributed by atoms with Crippen LogP contribution in [0.2, 0.25) is 5.02 Å². The number of carbonyl (C=O) groups excluding carboxylic acids is 2. The smallest absolute Gasteiger partial charge is 0.281 e. The van der Waals surface area contributed by atoms with Crippen LogP contribution in [0.3, 0.4) is 0 Å². The Bertz CT molecular complexity index is 1580. The number of thiophene rings is 1. The van der Waals surface area contributed by atoms with Gasteiger partial charge in [-0.2, -0.15) is 0 Å². The number of rotatable bonds is 3. The van der Waals surface area contributed by atoms with E-state index in [1.165, 1.54) is 18.2 Å². The Kier molecular flexibility index (Phi) is 5.32. The maximum absolute atomic E-state index is 13.5. The van der Waals surface area contributed by atoms with Gasteiger partial charge in [0, 0.05) is 20.9 Å². The molecular weight excluding hydrogens is 465 g/mol. The summed E-state index contributed by atoms with van der Waals surface area (Å²) in [4.78, 5) is 38.3. The third kappa shape index (κ3) is 3.73. The number of amides is 2. The summed E-state index contributed by atoms with van der Waals surface area (Å²) in [6.45, 7) is -0.132. The summed E-state index contributed by atoms with van der Waals surface area (Å²) >= 11 is 7.31. The third-order valence-electron chi connectivity index (χ3n) is 5.29. The third-order valence-corrected chi connectivity index (χ3v) is 6.95. The highest BCUT2D eigenvalue weighted by Crippen LogP contribution is 2.35. The second-order valence-electron chi connectivity index (χ2n) is 7.34. The van der Waals surface area contributed by atoms with Crippen LogP contribution in [0.25, 0.3) is 31.9 Å². The lowest BCUT2D eigenvalue weighted by Gasteiger charge is -2.15. The average molecular weight is 480 g/mol. The molecule has 3 aromatic carbocycles. The van der Waals surface area contributed by atoms with Gasteiger partial charge in [-0.3, -0.25) is 25.2 Å². The largest absolute Gasteiger partial charge is 0.331 e. The molecule has 33 heavy (non-hydrogen) atoms. The molecule has 0 saturated heterocycles. The zero-order valence-corrected chi connectivity index (χ0v) is 18.5. The zero-order valence-electron chi connectivity index (χ0n) is 16.9. The van der Waals surface area contributed by atoms with E-state index in [9.17, 15) is 18.8 Å². The van der Waals surface area contributed by atoms with Crippen molar-refractivity contribution in [3.63, 3.8) is 0 Å². The van der Waals surface area contributed by atoms with Crippen molar-refractivity contribution >= 4 is 66.6 Å². The number of carbonyl (C=O) groups is 2. The normalized spacial score (nSPS) is 11.2. The Balaban J connectivity index is 1.41. The van der Waals surface area contributed by atoms with Gasteiger partial charge in [-0.05, 0) is 42.5 Å². The summed E-state index contributed by atoms with van der Waals surface area (Å²) in [5.74, 6) is -1.53. The highest BCUT2D eigenvalue weighted by atomic mass is 35.5. The van der Waals surface area contributed by atoms with Gasteiger partial charge in [-0.1, -0.05) is 35.9 Å². The van der Waals surface area contributed by atoms with Crippen molar-refractivity contribution in [3.8, 4) is 0 Å². The number of hydrogen-bond donors (Lipinski definition) is 2. The summed E-state index contributed by atoms with van der Waals surface area (Å²) in [5, 5.41) is 1.75. The number of pyridine rings is 1. The number of halogens is 2. The van der Waals surface area contributed by atoms with Gasteiger partial charge in [0.25, 0.3) is 11.8 Å². The van der Waals surface area contributed by atoms with Gasteiger partial charge in [-0.25, -0.2) is 4.39 Å². The van der Waals surface area contributed by atoms with Crippen LogP contribution in [0.5, 0.6) is 0 Å². The SMILES string of the molecule is O=C(Cn1c2ccccc2c(=O)c2ccccc21)NNC(=O)c1sc2cc(F)ccc2c1Cl. The van der Waals surface area contributed by atoms with E-state index in [4.69, 9.17) is 11.6 Å². The minimum atomic E-state index is -0.607. The fraction of sp³-hybridized carbons (Fsp3) is 0.0417. The van der Waals surface area contributed by atoms with E-state index in [2.05, 4.69) is 10.9 Å². The molecule has 0 aliphatic rings. The molecule has 2 amide bonds. The molecular formula is C24H15ClFN3O3S. The number of fused-ring (bicyclic) bond motifs is 3. The zero-order chi connectivity index (χ0) is 23.1. The molecule has 0 spiro atoms. The number of aromatic nitrogens is 1. The molecule has 0 atom stereocenters. The van der Waals surface area contributed by atoms with E-state index >= 15 is 0 Å². The molecule has 6 nitrogen and oxygen atoms in total. The van der Waals surface area contributed by atoms with Crippen molar-refractivity contribution in [3.05, 3.63) is 92.7 Å².